The molecule has 0 bridgehead atoms. The maximum Gasteiger partial charge on any atom is 0.340 e. The first-order valence-electron chi connectivity index (χ1n) is 8.65. The Balaban J connectivity index is 2.73. The molecule has 0 radical (unpaired) electrons. The molecule has 0 aromatic heterocycles. The summed E-state index contributed by atoms with van der Waals surface area (Å²) in [6, 6.07) is 8.24. The predicted molar refractivity (Wildman–Crippen MR) is 101 cm³/mol. The zero-order chi connectivity index (χ0) is 20.1. The summed E-state index contributed by atoms with van der Waals surface area (Å²) in [5, 5.41) is 17.1. The number of ether oxygens (including phenoxy) is 1. The molecule has 1 aromatic rings. The lowest BCUT2D eigenvalue weighted by atomic mass is 10.1. The summed E-state index contributed by atoms with van der Waals surface area (Å²) < 4.78 is 5.17. The second-order valence-electron chi connectivity index (χ2n) is 5.60. The number of nitriles is 1. The van der Waals surface area contributed by atoms with Gasteiger partial charge in [0, 0.05) is 26.2 Å². The molecule has 0 aliphatic carbocycles. The van der Waals surface area contributed by atoms with Gasteiger partial charge >= 0.3 is 5.97 Å². The standard InChI is InChI=1S/C19H24N4O4/c1-3-4-11-27-19(26)16-7-5-6-8-17(16)23-18(25)15(12-20)13-21-9-10-22-14(2)24/h5-8,13,21H,3-4,9-11H2,1-2H3,(H,22,24)(H,23,25)/b15-13-. The molecule has 0 saturated heterocycles. The number of carbonyl (C=O) groups excluding carboxylic acids is 3. The summed E-state index contributed by atoms with van der Waals surface area (Å²) in [5.74, 6) is -1.35. The van der Waals surface area contributed by atoms with Gasteiger partial charge in [-0.3, -0.25) is 9.59 Å². The largest absolute Gasteiger partial charge is 0.462 e. The SMILES string of the molecule is CCCCOC(=O)c1ccccc1NC(=O)/C(C#N)=C\NCCNC(C)=O. The van der Waals surface area contributed by atoms with Gasteiger partial charge in [-0.15, -0.1) is 0 Å². The minimum Gasteiger partial charge on any atom is -0.462 e. The molecular weight excluding hydrogens is 348 g/mol. The molecule has 0 aliphatic rings. The van der Waals surface area contributed by atoms with E-state index in [1.165, 1.54) is 13.1 Å². The number of nitrogens with zero attached hydrogens (tertiary/aromatic N) is 1. The van der Waals surface area contributed by atoms with Crippen LogP contribution in [0.15, 0.2) is 36.0 Å². The predicted octanol–water partition coefficient (Wildman–Crippen LogP) is 1.72. The van der Waals surface area contributed by atoms with Crippen LogP contribution in [0.4, 0.5) is 5.69 Å². The first-order valence-corrected chi connectivity index (χ1v) is 8.65. The summed E-state index contributed by atoms with van der Waals surface area (Å²) in [6.07, 6.45) is 2.92. The highest BCUT2D eigenvalue weighted by Gasteiger charge is 2.16. The minimum atomic E-state index is -0.654. The number of hydrogen-bond donors (Lipinski definition) is 3. The average Bonchev–Trinajstić information content (AvgIpc) is 2.64. The minimum absolute atomic E-state index is 0.160. The van der Waals surface area contributed by atoms with Crippen molar-refractivity contribution < 1.29 is 19.1 Å². The van der Waals surface area contributed by atoms with Crippen molar-refractivity contribution >= 4 is 23.5 Å². The van der Waals surface area contributed by atoms with E-state index in [0.717, 1.165) is 12.8 Å². The summed E-state index contributed by atoms with van der Waals surface area (Å²) in [7, 11) is 0. The Bertz CT molecular complexity index is 737. The molecule has 2 amide bonds. The number of para-hydroxylation sites is 1. The van der Waals surface area contributed by atoms with Crippen LogP contribution in [-0.2, 0) is 14.3 Å². The normalized spacial score (nSPS) is 10.5. The highest BCUT2D eigenvalue weighted by atomic mass is 16.5. The van der Waals surface area contributed by atoms with Gasteiger partial charge in [0.25, 0.3) is 5.91 Å². The van der Waals surface area contributed by atoms with Gasteiger partial charge in [0.2, 0.25) is 5.91 Å². The molecule has 3 N–H and O–H groups in total. The number of carbonyl (C=O) groups is 3. The molecule has 0 heterocycles. The van der Waals surface area contributed by atoms with Crippen LogP contribution < -0.4 is 16.0 Å². The maximum absolute atomic E-state index is 12.3. The van der Waals surface area contributed by atoms with E-state index in [2.05, 4.69) is 16.0 Å². The molecule has 1 rings (SSSR count). The smallest absolute Gasteiger partial charge is 0.340 e. The molecule has 144 valence electrons. The molecule has 0 unspecified atom stereocenters. The van der Waals surface area contributed by atoms with E-state index in [1.807, 2.05) is 6.92 Å². The lowest BCUT2D eigenvalue weighted by molar-refractivity contribution is -0.119. The molecule has 8 heteroatoms. The summed E-state index contributed by atoms with van der Waals surface area (Å²) in [5.41, 5.74) is 0.327. The zero-order valence-electron chi connectivity index (χ0n) is 15.5. The fraction of sp³-hybridized carbons (Fsp3) is 0.368. The third-order valence-corrected chi connectivity index (χ3v) is 3.38. The Kier molecular flexibility index (Phi) is 9.71. The van der Waals surface area contributed by atoms with Gasteiger partial charge in [0.05, 0.1) is 17.9 Å². The lowest BCUT2D eigenvalue weighted by Gasteiger charge is -2.10. The van der Waals surface area contributed by atoms with Crippen LogP contribution in [-0.4, -0.2) is 37.5 Å². The highest BCUT2D eigenvalue weighted by molar-refractivity contribution is 6.09. The second-order valence-corrected chi connectivity index (χ2v) is 5.60. The van der Waals surface area contributed by atoms with Crippen LogP contribution in [0.25, 0.3) is 0 Å². The Hall–Kier alpha value is -3.34. The molecule has 0 fully saturated rings. The number of benzene rings is 1. The van der Waals surface area contributed by atoms with E-state index in [0.29, 0.717) is 19.7 Å². The van der Waals surface area contributed by atoms with Crippen LogP contribution in [0, 0.1) is 11.3 Å². The molecule has 8 nitrogen and oxygen atoms in total. The fourth-order valence-electron chi connectivity index (χ4n) is 1.98. The average molecular weight is 372 g/mol. The van der Waals surface area contributed by atoms with Gasteiger partial charge in [0.15, 0.2) is 0 Å². The van der Waals surface area contributed by atoms with Gasteiger partial charge in [-0.1, -0.05) is 25.5 Å². The van der Waals surface area contributed by atoms with Crippen LogP contribution >= 0.6 is 0 Å². The number of amides is 2. The van der Waals surface area contributed by atoms with Crippen LogP contribution in [0.2, 0.25) is 0 Å². The maximum atomic E-state index is 12.3. The van der Waals surface area contributed by atoms with Crippen LogP contribution in [0.1, 0.15) is 37.0 Å². The van der Waals surface area contributed by atoms with Crippen molar-refractivity contribution in [2.75, 3.05) is 25.0 Å². The third-order valence-electron chi connectivity index (χ3n) is 3.38. The van der Waals surface area contributed by atoms with E-state index in [9.17, 15) is 14.4 Å². The third kappa shape index (κ3) is 8.05. The second kappa shape index (κ2) is 12.1. The van der Waals surface area contributed by atoms with Crippen LogP contribution in [0.3, 0.4) is 0 Å². The van der Waals surface area contributed by atoms with Crippen molar-refractivity contribution in [1.29, 1.82) is 5.26 Å². The van der Waals surface area contributed by atoms with E-state index in [-0.39, 0.29) is 22.7 Å². The number of unbranched alkanes of at least 4 members (excludes halogenated alkanes) is 1. The van der Waals surface area contributed by atoms with Crippen molar-refractivity contribution in [2.24, 2.45) is 0 Å². The molecule has 0 aliphatic heterocycles. The Morgan fingerprint density at radius 3 is 2.63 bits per heavy atom. The molecule has 1 aromatic carbocycles. The molecule has 0 spiro atoms. The van der Waals surface area contributed by atoms with Crippen molar-refractivity contribution in [2.45, 2.75) is 26.7 Å². The number of anilines is 1. The molecule has 0 atom stereocenters. The summed E-state index contributed by atoms with van der Waals surface area (Å²) in [4.78, 5) is 35.2. The molecule has 27 heavy (non-hydrogen) atoms. The van der Waals surface area contributed by atoms with Crippen molar-refractivity contribution in [3.63, 3.8) is 0 Å². The van der Waals surface area contributed by atoms with E-state index < -0.39 is 11.9 Å². The number of nitrogens with one attached hydrogen (secondary N) is 3. The molecule has 0 saturated carbocycles. The molecular formula is C19H24N4O4. The Labute approximate surface area is 158 Å². The van der Waals surface area contributed by atoms with Crippen LogP contribution in [0.5, 0.6) is 0 Å². The first-order chi connectivity index (χ1) is 13.0. The monoisotopic (exact) mass is 372 g/mol. The number of esters is 1. The van der Waals surface area contributed by atoms with Gasteiger partial charge < -0.3 is 20.7 Å². The fourth-order valence-corrected chi connectivity index (χ4v) is 1.98. The summed E-state index contributed by atoms with van der Waals surface area (Å²) in [6.45, 7) is 4.41. The first kappa shape index (κ1) is 21.7. The summed E-state index contributed by atoms with van der Waals surface area (Å²) >= 11 is 0. The van der Waals surface area contributed by atoms with E-state index in [4.69, 9.17) is 10.00 Å². The quantitative estimate of drug-likeness (QED) is 0.249. The Morgan fingerprint density at radius 1 is 1.22 bits per heavy atom. The lowest BCUT2D eigenvalue weighted by Crippen LogP contribution is -2.28. The topological polar surface area (TPSA) is 120 Å². The van der Waals surface area contributed by atoms with E-state index in [1.54, 1.807) is 30.3 Å². The van der Waals surface area contributed by atoms with Crippen molar-refractivity contribution in [3.8, 4) is 6.07 Å². The Morgan fingerprint density at radius 2 is 1.96 bits per heavy atom. The number of hydrogen-bond acceptors (Lipinski definition) is 6. The van der Waals surface area contributed by atoms with Gasteiger partial charge in [-0.2, -0.15) is 5.26 Å². The van der Waals surface area contributed by atoms with E-state index >= 15 is 0 Å². The number of rotatable bonds is 10. The highest BCUT2D eigenvalue weighted by Crippen LogP contribution is 2.17. The van der Waals surface area contributed by atoms with Crippen molar-refractivity contribution in [1.82, 2.24) is 10.6 Å². The van der Waals surface area contributed by atoms with Gasteiger partial charge in [-0.25, -0.2) is 4.79 Å². The van der Waals surface area contributed by atoms with Gasteiger partial charge in [-0.05, 0) is 18.6 Å². The van der Waals surface area contributed by atoms with Gasteiger partial charge in [0.1, 0.15) is 11.6 Å². The zero-order valence-corrected chi connectivity index (χ0v) is 15.5. The van der Waals surface area contributed by atoms with Crippen molar-refractivity contribution in [3.05, 3.63) is 41.6 Å².